The van der Waals surface area contributed by atoms with Crippen LogP contribution in [0.15, 0.2) is 103 Å². The van der Waals surface area contributed by atoms with Crippen molar-refractivity contribution in [2.75, 3.05) is 14.2 Å². The first-order valence-corrected chi connectivity index (χ1v) is 14.5. The summed E-state index contributed by atoms with van der Waals surface area (Å²) in [6.07, 6.45) is 6.61. The van der Waals surface area contributed by atoms with Gasteiger partial charge in [-0.1, -0.05) is 92.7 Å². The van der Waals surface area contributed by atoms with Gasteiger partial charge in [0.25, 0.3) is 0 Å². The molecule has 5 aromatic rings. The first kappa shape index (κ1) is 25.5. The lowest BCUT2D eigenvalue weighted by molar-refractivity contribution is 0.163. The molecule has 0 unspecified atom stereocenters. The number of methoxy groups -OCH3 is 2. The second kappa shape index (κ2) is 9.55. The quantitative estimate of drug-likeness (QED) is 0.216. The number of benzene rings is 5. The van der Waals surface area contributed by atoms with Crippen LogP contribution >= 0.6 is 0 Å². The van der Waals surface area contributed by atoms with E-state index in [9.17, 15) is 0 Å². The third-order valence-electron chi connectivity index (χ3n) is 9.39. The van der Waals surface area contributed by atoms with Gasteiger partial charge < -0.3 is 14.2 Å². The predicted octanol–water partition coefficient (Wildman–Crippen LogP) is 9.29. The molecule has 0 aromatic heterocycles. The molecule has 0 saturated carbocycles. The van der Waals surface area contributed by atoms with Gasteiger partial charge in [-0.3, -0.25) is 0 Å². The van der Waals surface area contributed by atoms with Gasteiger partial charge in [0.05, 0.1) is 14.2 Å². The molecule has 1 heterocycles. The lowest BCUT2D eigenvalue weighted by atomic mass is 9.71. The number of rotatable bonds is 6. The molecule has 41 heavy (non-hydrogen) atoms. The molecule has 7 rings (SSSR count). The first-order chi connectivity index (χ1) is 20.1. The van der Waals surface area contributed by atoms with Crippen LogP contribution in [-0.4, -0.2) is 14.2 Å². The van der Waals surface area contributed by atoms with Crippen molar-refractivity contribution < 1.29 is 14.2 Å². The van der Waals surface area contributed by atoms with Gasteiger partial charge in [-0.05, 0) is 70.8 Å². The number of fused-ring (bicyclic) bond motifs is 8. The van der Waals surface area contributed by atoms with Crippen molar-refractivity contribution in [1.29, 1.82) is 0 Å². The second-order valence-electron chi connectivity index (χ2n) is 11.0. The van der Waals surface area contributed by atoms with E-state index < -0.39 is 5.60 Å². The third kappa shape index (κ3) is 3.51. The average Bonchev–Trinajstić information content (AvgIpc) is 3.35. The van der Waals surface area contributed by atoms with E-state index in [0.29, 0.717) is 0 Å². The summed E-state index contributed by atoms with van der Waals surface area (Å²) in [4.78, 5) is 0. The molecule has 1 aliphatic heterocycles. The second-order valence-corrected chi connectivity index (χ2v) is 11.0. The van der Waals surface area contributed by atoms with Crippen LogP contribution in [-0.2, 0) is 11.0 Å². The maximum absolute atomic E-state index is 7.39. The monoisotopic (exact) mass is 538 g/mol. The molecule has 3 nitrogen and oxygen atoms in total. The average molecular weight is 539 g/mol. The van der Waals surface area contributed by atoms with E-state index in [1.165, 1.54) is 33.2 Å². The van der Waals surface area contributed by atoms with Gasteiger partial charge >= 0.3 is 0 Å². The van der Waals surface area contributed by atoms with Crippen LogP contribution < -0.4 is 14.2 Å². The Kier molecular flexibility index (Phi) is 5.93. The third-order valence-corrected chi connectivity index (χ3v) is 9.39. The molecule has 0 bridgehead atoms. The highest BCUT2D eigenvalue weighted by molar-refractivity contribution is 6.08. The Bertz CT molecular complexity index is 1740. The fraction of sp³-hybridized carbons (Fsp3) is 0.211. The smallest absolute Gasteiger partial charge is 0.178 e. The molecule has 0 amide bonds. The highest BCUT2D eigenvalue weighted by Gasteiger charge is 2.46. The van der Waals surface area contributed by atoms with Gasteiger partial charge in [-0.15, -0.1) is 0 Å². The Morgan fingerprint density at radius 2 is 1.22 bits per heavy atom. The summed E-state index contributed by atoms with van der Waals surface area (Å²) >= 11 is 0. The van der Waals surface area contributed by atoms with Crippen LogP contribution in [0, 0.1) is 0 Å². The van der Waals surface area contributed by atoms with Gasteiger partial charge in [0.15, 0.2) is 5.60 Å². The van der Waals surface area contributed by atoms with Crippen LogP contribution in [0.4, 0.5) is 0 Å². The van der Waals surface area contributed by atoms with Crippen molar-refractivity contribution in [3.8, 4) is 28.4 Å². The number of hydrogen-bond donors (Lipinski definition) is 0. The number of ether oxygens (including phenoxy) is 3. The minimum atomic E-state index is -0.824. The first-order valence-electron chi connectivity index (χ1n) is 14.5. The molecule has 204 valence electrons. The molecule has 0 radical (unpaired) electrons. The molecule has 3 heteroatoms. The zero-order valence-electron chi connectivity index (χ0n) is 24.0. The fourth-order valence-corrected chi connectivity index (χ4v) is 7.26. The van der Waals surface area contributed by atoms with Crippen LogP contribution in [0.5, 0.6) is 17.2 Å². The maximum Gasteiger partial charge on any atom is 0.178 e. The lowest BCUT2D eigenvalue weighted by Gasteiger charge is -2.39. The minimum Gasteiger partial charge on any atom is -0.497 e. The molecule has 0 fully saturated rings. The molecule has 0 spiro atoms. The Hall–Kier alpha value is -4.50. The molecule has 1 aliphatic carbocycles. The predicted molar refractivity (Wildman–Crippen MR) is 167 cm³/mol. The Morgan fingerprint density at radius 3 is 1.80 bits per heavy atom. The van der Waals surface area contributed by atoms with Gasteiger partial charge in [-0.2, -0.15) is 0 Å². The van der Waals surface area contributed by atoms with Crippen LogP contribution in [0.3, 0.4) is 0 Å². The molecule has 0 saturated heterocycles. The Balaban J connectivity index is 1.54. The highest BCUT2D eigenvalue weighted by Crippen LogP contribution is 2.60. The number of hydrogen-bond acceptors (Lipinski definition) is 3. The summed E-state index contributed by atoms with van der Waals surface area (Å²) in [5.41, 5.74) is 7.89. The summed E-state index contributed by atoms with van der Waals surface area (Å²) < 4.78 is 18.4. The van der Waals surface area contributed by atoms with Crippen LogP contribution in [0.25, 0.3) is 28.0 Å². The van der Waals surface area contributed by atoms with E-state index in [2.05, 4.69) is 98.8 Å². The van der Waals surface area contributed by atoms with E-state index in [1.54, 1.807) is 14.2 Å². The molecule has 0 atom stereocenters. The van der Waals surface area contributed by atoms with Gasteiger partial charge in [0, 0.05) is 27.5 Å². The van der Waals surface area contributed by atoms with E-state index >= 15 is 0 Å². The highest BCUT2D eigenvalue weighted by atomic mass is 16.5. The minimum absolute atomic E-state index is 0.0754. The lowest BCUT2D eigenvalue weighted by Crippen LogP contribution is -2.35. The molecule has 5 aromatic carbocycles. The summed E-state index contributed by atoms with van der Waals surface area (Å²) in [6.45, 7) is 4.65. The zero-order chi connectivity index (χ0) is 28.2. The normalized spacial score (nSPS) is 15.5. The SMILES string of the molecule is CCC1(CC)c2ccccc2-c2c1c1c(c3ccccc23)OC(c2ccc(OC)cc2)(c2ccc(OC)cc2)C=C1. The summed E-state index contributed by atoms with van der Waals surface area (Å²) in [5, 5.41) is 2.38. The Labute approximate surface area is 242 Å². The summed E-state index contributed by atoms with van der Waals surface area (Å²) in [5.74, 6) is 2.57. The van der Waals surface area contributed by atoms with Crippen molar-refractivity contribution in [1.82, 2.24) is 0 Å². The summed E-state index contributed by atoms with van der Waals surface area (Å²) in [7, 11) is 3.39. The van der Waals surface area contributed by atoms with Gasteiger partial charge in [0.1, 0.15) is 17.2 Å². The van der Waals surface area contributed by atoms with E-state index in [1.807, 2.05) is 24.3 Å². The van der Waals surface area contributed by atoms with Crippen LogP contribution in [0.1, 0.15) is 54.5 Å². The topological polar surface area (TPSA) is 27.7 Å². The van der Waals surface area contributed by atoms with Crippen molar-refractivity contribution in [2.45, 2.75) is 37.7 Å². The van der Waals surface area contributed by atoms with Crippen molar-refractivity contribution in [3.63, 3.8) is 0 Å². The van der Waals surface area contributed by atoms with E-state index in [4.69, 9.17) is 14.2 Å². The molecule has 2 aliphatic rings. The maximum atomic E-state index is 7.39. The standard InChI is InChI=1S/C38H34O3/c1-5-37(6-2)33-14-10-9-13-31(33)34-29-11-7-8-12-30(29)36-32(35(34)37)23-24-38(41-36,25-15-19-27(39-3)20-16-25)26-17-21-28(40-4)22-18-26/h7-24H,5-6H2,1-4H3. The molecule has 0 N–H and O–H groups in total. The Morgan fingerprint density at radius 1 is 0.659 bits per heavy atom. The zero-order valence-corrected chi connectivity index (χ0v) is 24.0. The van der Waals surface area contributed by atoms with Crippen molar-refractivity contribution >= 4 is 16.8 Å². The summed E-state index contributed by atoms with van der Waals surface area (Å²) in [6, 6.07) is 34.1. The molecular weight excluding hydrogens is 504 g/mol. The van der Waals surface area contributed by atoms with E-state index in [-0.39, 0.29) is 5.41 Å². The van der Waals surface area contributed by atoms with Gasteiger partial charge in [-0.25, -0.2) is 0 Å². The van der Waals surface area contributed by atoms with Crippen molar-refractivity contribution in [2.24, 2.45) is 0 Å². The largest absolute Gasteiger partial charge is 0.497 e. The van der Waals surface area contributed by atoms with Crippen molar-refractivity contribution in [3.05, 3.63) is 131 Å². The van der Waals surface area contributed by atoms with Crippen LogP contribution in [0.2, 0.25) is 0 Å². The van der Waals surface area contributed by atoms with Gasteiger partial charge in [0.2, 0.25) is 0 Å². The fourth-order valence-electron chi connectivity index (χ4n) is 7.26. The van der Waals surface area contributed by atoms with E-state index in [0.717, 1.165) is 46.6 Å². The molecular formula is C38H34O3.